The second-order valence-electron chi connectivity index (χ2n) is 4.88. The van der Waals surface area contributed by atoms with Crippen molar-refractivity contribution in [3.8, 4) is 5.69 Å². The van der Waals surface area contributed by atoms with Gasteiger partial charge in [-0.05, 0) is 53.7 Å². The smallest absolute Gasteiger partial charge is 0.258 e. The zero-order chi connectivity index (χ0) is 17.3. The van der Waals surface area contributed by atoms with Crippen LogP contribution in [0, 0.1) is 18.6 Å². The molecule has 1 N–H and O–H groups in total. The lowest BCUT2D eigenvalue weighted by Gasteiger charge is -2.09. The van der Waals surface area contributed by atoms with E-state index in [0.29, 0.717) is 11.5 Å². The van der Waals surface area contributed by atoms with E-state index in [9.17, 15) is 13.6 Å². The van der Waals surface area contributed by atoms with Crippen LogP contribution in [-0.2, 0) is 0 Å². The lowest BCUT2D eigenvalue weighted by atomic mass is 10.2. The molecule has 0 radical (unpaired) electrons. The van der Waals surface area contributed by atoms with Crippen LogP contribution in [0.4, 0.5) is 14.5 Å². The quantitative estimate of drug-likeness (QED) is 0.788. The molecule has 1 aromatic heterocycles. The molecule has 0 aliphatic carbocycles. The van der Waals surface area contributed by atoms with Crippen LogP contribution < -0.4 is 5.32 Å². The Morgan fingerprint density at radius 1 is 1.17 bits per heavy atom. The van der Waals surface area contributed by atoms with Crippen molar-refractivity contribution in [2.24, 2.45) is 0 Å². The Bertz CT molecular complexity index is 928. The average Bonchev–Trinajstić information content (AvgIpc) is 2.95. The molecular formula is C15H10ClF2N5O. The van der Waals surface area contributed by atoms with Gasteiger partial charge in [-0.1, -0.05) is 11.6 Å². The van der Waals surface area contributed by atoms with Crippen molar-refractivity contribution in [3.63, 3.8) is 0 Å². The van der Waals surface area contributed by atoms with Gasteiger partial charge in [0.05, 0.1) is 16.9 Å². The predicted molar refractivity (Wildman–Crippen MR) is 83.2 cm³/mol. The zero-order valence-electron chi connectivity index (χ0n) is 12.3. The van der Waals surface area contributed by atoms with Crippen LogP contribution in [-0.4, -0.2) is 26.1 Å². The number of halogens is 3. The first-order chi connectivity index (χ1) is 11.5. The molecule has 0 bridgehead atoms. The number of hydrogen-bond donors (Lipinski definition) is 1. The topological polar surface area (TPSA) is 72.7 Å². The molecule has 122 valence electrons. The number of nitrogens with one attached hydrogen (secondary N) is 1. The lowest BCUT2D eigenvalue weighted by Crippen LogP contribution is -2.15. The second kappa shape index (κ2) is 6.32. The Labute approximate surface area is 140 Å². The maximum absolute atomic E-state index is 14.0. The largest absolute Gasteiger partial charge is 0.319 e. The van der Waals surface area contributed by atoms with Crippen LogP contribution in [0.25, 0.3) is 5.69 Å². The van der Waals surface area contributed by atoms with E-state index < -0.39 is 17.5 Å². The van der Waals surface area contributed by atoms with E-state index in [1.54, 1.807) is 6.92 Å². The molecule has 0 aliphatic heterocycles. The summed E-state index contributed by atoms with van der Waals surface area (Å²) >= 11 is 5.65. The van der Waals surface area contributed by atoms with Crippen LogP contribution in [0.2, 0.25) is 5.02 Å². The van der Waals surface area contributed by atoms with E-state index in [1.807, 2.05) is 0 Å². The van der Waals surface area contributed by atoms with Gasteiger partial charge < -0.3 is 5.32 Å². The SMILES string of the molecule is Cc1nnnn1-c1ccc(F)c(NC(=O)c2ccc(Cl)cc2F)c1. The minimum atomic E-state index is -0.798. The first kappa shape index (κ1) is 16.0. The van der Waals surface area contributed by atoms with E-state index in [4.69, 9.17) is 11.6 Å². The summed E-state index contributed by atoms with van der Waals surface area (Å²) in [6, 6.07) is 7.57. The predicted octanol–water partition coefficient (Wildman–Crippen LogP) is 3.15. The molecule has 1 amide bonds. The monoisotopic (exact) mass is 349 g/mol. The molecule has 0 saturated carbocycles. The molecule has 0 unspecified atom stereocenters. The molecule has 3 rings (SSSR count). The van der Waals surface area contributed by atoms with Gasteiger partial charge in [0.1, 0.15) is 11.6 Å². The van der Waals surface area contributed by atoms with Gasteiger partial charge in [-0.15, -0.1) is 5.10 Å². The van der Waals surface area contributed by atoms with E-state index in [-0.39, 0.29) is 16.3 Å². The summed E-state index contributed by atoms with van der Waals surface area (Å²) in [5.41, 5.74) is 0.0790. The summed E-state index contributed by atoms with van der Waals surface area (Å²) in [6.45, 7) is 1.67. The highest BCUT2D eigenvalue weighted by atomic mass is 35.5. The van der Waals surface area contributed by atoms with Gasteiger partial charge in [-0.25, -0.2) is 8.78 Å². The number of benzene rings is 2. The first-order valence-electron chi connectivity index (χ1n) is 6.77. The van der Waals surface area contributed by atoms with Crippen LogP contribution in [0.3, 0.4) is 0 Å². The molecule has 0 saturated heterocycles. The number of aromatic nitrogens is 4. The standard InChI is InChI=1S/C15H10ClF2N5O/c1-8-20-21-22-23(8)10-3-5-12(17)14(7-10)19-15(24)11-4-2-9(16)6-13(11)18/h2-7H,1H3,(H,19,24). The van der Waals surface area contributed by atoms with Gasteiger partial charge in [0.2, 0.25) is 0 Å². The molecule has 0 aliphatic rings. The Balaban J connectivity index is 1.92. The summed E-state index contributed by atoms with van der Waals surface area (Å²) in [5, 5.41) is 13.5. The Kier molecular flexibility index (Phi) is 4.22. The van der Waals surface area contributed by atoms with Crippen molar-refractivity contribution in [1.29, 1.82) is 0 Å². The average molecular weight is 350 g/mol. The fourth-order valence-electron chi connectivity index (χ4n) is 2.07. The van der Waals surface area contributed by atoms with Crippen molar-refractivity contribution >= 4 is 23.2 Å². The first-order valence-corrected chi connectivity index (χ1v) is 7.15. The van der Waals surface area contributed by atoms with Gasteiger partial charge in [0.25, 0.3) is 5.91 Å². The minimum Gasteiger partial charge on any atom is -0.319 e. The molecule has 0 atom stereocenters. The summed E-state index contributed by atoms with van der Waals surface area (Å²) < 4.78 is 29.1. The lowest BCUT2D eigenvalue weighted by molar-refractivity contribution is 0.102. The van der Waals surface area contributed by atoms with Gasteiger partial charge in [-0.3, -0.25) is 4.79 Å². The number of amides is 1. The van der Waals surface area contributed by atoms with Crippen LogP contribution in [0.5, 0.6) is 0 Å². The van der Waals surface area contributed by atoms with Crippen LogP contribution in [0.15, 0.2) is 36.4 Å². The fraction of sp³-hybridized carbons (Fsp3) is 0.0667. The highest BCUT2D eigenvalue weighted by Gasteiger charge is 2.15. The highest BCUT2D eigenvalue weighted by molar-refractivity contribution is 6.30. The third kappa shape index (κ3) is 3.09. The molecule has 2 aromatic carbocycles. The van der Waals surface area contributed by atoms with Crippen molar-refractivity contribution in [2.75, 3.05) is 5.32 Å². The Hall–Kier alpha value is -2.87. The molecule has 0 fully saturated rings. The normalized spacial score (nSPS) is 10.7. The highest BCUT2D eigenvalue weighted by Crippen LogP contribution is 2.21. The van der Waals surface area contributed by atoms with Crippen molar-refractivity contribution in [3.05, 3.63) is 64.4 Å². The number of rotatable bonds is 3. The minimum absolute atomic E-state index is 0.123. The third-order valence-electron chi connectivity index (χ3n) is 3.24. The van der Waals surface area contributed by atoms with Crippen LogP contribution in [0.1, 0.15) is 16.2 Å². The van der Waals surface area contributed by atoms with E-state index in [0.717, 1.165) is 12.1 Å². The number of nitrogens with zero attached hydrogens (tertiary/aromatic N) is 4. The fourth-order valence-corrected chi connectivity index (χ4v) is 2.23. The number of carbonyl (C=O) groups is 1. The van der Waals surface area contributed by atoms with Gasteiger partial charge >= 0.3 is 0 Å². The summed E-state index contributed by atoms with van der Waals surface area (Å²) in [4.78, 5) is 12.2. The third-order valence-corrected chi connectivity index (χ3v) is 3.48. The summed E-state index contributed by atoms with van der Waals surface area (Å²) in [6.07, 6.45) is 0. The molecular weight excluding hydrogens is 340 g/mol. The second-order valence-corrected chi connectivity index (χ2v) is 5.32. The molecule has 0 spiro atoms. The van der Waals surface area contributed by atoms with Crippen molar-refractivity contribution in [2.45, 2.75) is 6.92 Å². The van der Waals surface area contributed by atoms with E-state index in [2.05, 4.69) is 20.8 Å². The van der Waals surface area contributed by atoms with E-state index >= 15 is 0 Å². The molecule has 1 heterocycles. The maximum Gasteiger partial charge on any atom is 0.258 e. The summed E-state index contributed by atoms with van der Waals surface area (Å²) in [5.74, 6) is -1.78. The van der Waals surface area contributed by atoms with Crippen molar-refractivity contribution < 1.29 is 13.6 Å². The van der Waals surface area contributed by atoms with Crippen LogP contribution >= 0.6 is 11.6 Å². The van der Waals surface area contributed by atoms with Gasteiger partial charge in [0.15, 0.2) is 5.82 Å². The number of anilines is 1. The van der Waals surface area contributed by atoms with Gasteiger partial charge in [-0.2, -0.15) is 4.68 Å². The van der Waals surface area contributed by atoms with Crippen molar-refractivity contribution in [1.82, 2.24) is 20.2 Å². The summed E-state index contributed by atoms with van der Waals surface area (Å²) in [7, 11) is 0. The number of tetrazole rings is 1. The molecule has 24 heavy (non-hydrogen) atoms. The maximum atomic E-state index is 14.0. The number of aryl methyl sites for hydroxylation is 1. The number of hydrogen-bond acceptors (Lipinski definition) is 4. The molecule has 6 nitrogen and oxygen atoms in total. The molecule has 9 heteroatoms. The Morgan fingerprint density at radius 3 is 2.62 bits per heavy atom. The van der Waals surface area contributed by atoms with E-state index in [1.165, 1.54) is 28.9 Å². The number of carbonyl (C=O) groups excluding carboxylic acids is 1. The Morgan fingerprint density at radius 2 is 1.96 bits per heavy atom. The zero-order valence-corrected chi connectivity index (χ0v) is 13.1. The molecule has 3 aromatic rings. The van der Waals surface area contributed by atoms with Gasteiger partial charge in [0, 0.05) is 5.02 Å².